The third-order valence-corrected chi connectivity index (χ3v) is 4.63. The standard InChI is InChI=1S/C21H16F4N6O3/c1-31(20-28-16(30-34-20)12-5-7-15(22)8-6-12)10-9-26-18(32)14-4-2-3-13(11-14)17-27-19(33-29-17)21(23,24)25/h2-8,11H,9-10H2,1H3,(H,26,32). The van der Waals surface area contributed by atoms with E-state index in [2.05, 4.69) is 30.1 Å². The molecular weight excluding hydrogens is 460 g/mol. The second-order valence-electron chi connectivity index (χ2n) is 7.09. The van der Waals surface area contributed by atoms with Crippen LogP contribution in [-0.2, 0) is 6.18 Å². The lowest BCUT2D eigenvalue weighted by molar-refractivity contribution is -0.159. The summed E-state index contributed by atoms with van der Waals surface area (Å²) in [4.78, 5) is 21.6. The molecule has 176 valence electrons. The quantitative estimate of drug-likeness (QED) is 0.401. The van der Waals surface area contributed by atoms with Crippen molar-refractivity contribution in [1.82, 2.24) is 25.6 Å². The zero-order valence-electron chi connectivity index (χ0n) is 17.5. The molecule has 34 heavy (non-hydrogen) atoms. The number of halogens is 4. The van der Waals surface area contributed by atoms with Crippen LogP contribution in [0.25, 0.3) is 22.8 Å². The molecule has 9 nitrogen and oxygen atoms in total. The van der Waals surface area contributed by atoms with Crippen molar-refractivity contribution < 1.29 is 31.4 Å². The highest BCUT2D eigenvalue weighted by Crippen LogP contribution is 2.29. The number of likely N-dealkylation sites (N-methyl/N-ethyl adjacent to an activating group) is 1. The van der Waals surface area contributed by atoms with Gasteiger partial charge < -0.3 is 19.3 Å². The van der Waals surface area contributed by atoms with Gasteiger partial charge in [-0.15, -0.1) is 0 Å². The maximum Gasteiger partial charge on any atom is 0.471 e. The number of aromatic nitrogens is 4. The van der Waals surface area contributed by atoms with E-state index in [0.29, 0.717) is 12.1 Å². The molecule has 0 aliphatic heterocycles. The first-order valence-electron chi connectivity index (χ1n) is 9.81. The summed E-state index contributed by atoms with van der Waals surface area (Å²) >= 11 is 0. The fourth-order valence-electron chi connectivity index (χ4n) is 2.88. The van der Waals surface area contributed by atoms with Crippen LogP contribution in [0, 0.1) is 5.82 Å². The van der Waals surface area contributed by atoms with Gasteiger partial charge in [0.25, 0.3) is 5.91 Å². The Balaban J connectivity index is 1.34. The molecule has 1 N–H and O–H groups in total. The van der Waals surface area contributed by atoms with Crippen molar-refractivity contribution in [3.05, 3.63) is 65.8 Å². The molecule has 0 spiro atoms. The average Bonchev–Trinajstić information content (AvgIpc) is 3.50. The molecule has 2 aromatic carbocycles. The van der Waals surface area contributed by atoms with Gasteiger partial charge in [0.2, 0.25) is 11.6 Å². The first-order valence-corrected chi connectivity index (χ1v) is 9.81. The van der Waals surface area contributed by atoms with Gasteiger partial charge in [-0.05, 0) is 36.4 Å². The monoisotopic (exact) mass is 476 g/mol. The number of hydrogen-bond acceptors (Lipinski definition) is 8. The van der Waals surface area contributed by atoms with E-state index in [4.69, 9.17) is 4.52 Å². The number of hydrogen-bond donors (Lipinski definition) is 1. The summed E-state index contributed by atoms with van der Waals surface area (Å²) in [5.41, 5.74) is 0.986. The minimum absolute atomic E-state index is 0.197. The average molecular weight is 476 g/mol. The molecule has 13 heteroatoms. The Morgan fingerprint density at radius 3 is 2.41 bits per heavy atom. The normalized spacial score (nSPS) is 11.4. The number of carbonyl (C=O) groups excluding carboxylic acids is 1. The molecule has 0 radical (unpaired) electrons. The van der Waals surface area contributed by atoms with Crippen LogP contribution < -0.4 is 10.2 Å². The Morgan fingerprint density at radius 2 is 1.71 bits per heavy atom. The van der Waals surface area contributed by atoms with Crippen LogP contribution in [0.1, 0.15) is 16.2 Å². The van der Waals surface area contributed by atoms with Gasteiger partial charge in [0.1, 0.15) is 5.82 Å². The summed E-state index contributed by atoms with van der Waals surface area (Å²) in [5, 5.41) is 9.87. The predicted molar refractivity (Wildman–Crippen MR) is 110 cm³/mol. The van der Waals surface area contributed by atoms with E-state index in [-0.39, 0.29) is 41.2 Å². The third-order valence-electron chi connectivity index (χ3n) is 4.63. The Kier molecular flexibility index (Phi) is 6.25. The van der Waals surface area contributed by atoms with Gasteiger partial charge in [-0.1, -0.05) is 22.4 Å². The Labute approximate surface area is 189 Å². The Bertz CT molecular complexity index is 1290. The minimum Gasteiger partial charge on any atom is -0.350 e. The molecule has 0 atom stereocenters. The van der Waals surface area contributed by atoms with Crippen molar-refractivity contribution >= 4 is 11.9 Å². The lowest BCUT2D eigenvalue weighted by Gasteiger charge is -2.14. The number of nitrogens with zero attached hydrogens (tertiary/aromatic N) is 5. The third kappa shape index (κ3) is 5.19. The largest absolute Gasteiger partial charge is 0.471 e. The maximum atomic E-state index is 13.1. The zero-order chi connectivity index (χ0) is 24.3. The minimum atomic E-state index is -4.76. The van der Waals surface area contributed by atoms with Crippen molar-refractivity contribution in [2.24, 2.45) is 0 Å². The second-order valence-corrected chi connectivity index (χ2v) is 7.09. The van der Waals surface area contributed by atoms with E-state index < -0.39 is 18.0 Å². The van der Waals surface area contributed by atoms with Gasteiger partial charge in [0.05, 0.1) is 0 Å². The summed E-state index contributed by atoms with van der Waals surface area (Å²) in [6, 6.07) is 11.6. The summed E-state index contributed by atoms with van der Waals surface area (Å²) in [6.45, 7) is 0.518. The molecular formula is C21H16F4N6O3. The van der Waals surface area contributed by atoms with E-state index in [1.54, 1.807) is 11.9 Å². The highest BCUT2D eigenvalue weighted by Gasteiger charge is 2.38. The van der Waals surface area contributed by atoms with Crippen molar-refractivity contribution in [3.63, 3.8) is 0 Å². The first kappa shape index (κ1) is 22.9. The summed E-state index contributed by atoms with van der Waals surface area (Å²) in [6.07, 6.45) is -4.76. The van der Waals surface area contributed by atoms with E-state index in [1.165, 1.54) is 48.5 Å². The van der Waals surface area contributed by atoms with Crippen molar-refractivity contribution in [3.8, 4) is 22.8 Å². The Hall–Kier alpha value is -4.29. The molecule has 0 unspecified atom stereocenters. The van der Waals surface area contributed by atoms with E-state index in [1.807, 2.05) is 0 Å². The molecule has 0 aliphatic carbocycles. The van der Waals surface area contributed by atoms with Gasteiger partial charge in [-0.2, -0.15) is 23.1 Å². The first-order chi connectivity index (χ1) is 16.2. The number of carbonyl (C=O) groups is 1. The molecule has 4 aromatic rings. The topological polar surface area (TPSA) is 110 Å². The molecule has 2 aromatic heterocycles. The number of benzene rings is 2. The highest BCUT2D eigenvalue weighted by molar-refractivity contribution is 5.95. The Morgan fingerprint density at radius 1 is 1.00 bits per heavy atom. The molecule has 0 fully saturated rings. The van der Waals surface area contributed by atoms with E-state index in [9.17, 15) is 22.4 Å². The van der Waals surface area contributed by atoms with Crippen molar-refractivity contribution in [1.29, 1.82) is 0 Å². The fourth-order valence-corrected chi connectivity index (χ4v) is 2.88. The summed E-state index contributed by atoms with van der Waals surface area (Å²) < 4.78 is 60.5. The SMILES string of the molecule is CN(CCNC(=O)c1cccc(-c2noc(C(F)(F)F)n2)c1)c1nc(-c2ccc(F)cc2)no1. The van der Waals surface area contributed by atoms with Gasteiger partial charge in [0, 0.05) is 36.8 Å². The van der Waals surface area contributed by atoms with Crippen molar-refractivity contribution in [2.45, 2.75) is 6.18 Å². The maximum absolute atomic E-state index is 13.1. The number of rotatable bonds is 7. The molecule has 1 amide bonds. The van der Waals surface area contributed by atoms with Crippen LogP contribution in [0.3, 0.4) is 0 Å². The lowest BCUT2D eigenvalue weighted by Crippen LogP contribution is -2.33. The van der Waals surface area contributed by atoms with Crippen LogP contribution in [0.4, 0.5) is 23.6 Å². The molecule has 0 saturated carbocycles. The molecule has 0 saturated heterocycles. The van der Waals surface area contributed by atoms with E-state index in [0.717, 1.165) is 0 Å². The number of alkyl halides is 3. The van der Waals surface area contributed by atoms with Gasteiger partial charge in [-0.3, -0.25) is 4.79 Å². The highest BCUT2D eigenvalue weighted by atomic mass is 19.4. The van der Waals surface area contributed by atoms with Gasteiger partial charge in [-0.25, -0.2) is 4.39 Å². The summed E-state index contributed by atoms with van der Waals surface area (Å²) in [5.74, 6) is -2.29. The number of nitrogens with one attached hydrogen (secondary N) is 1. The van der Waals surface area contributed by atoms with Crippen LogP contribution in [0.2, 0.25) is 0 Å². The zero-order valence-corrected chi connectivity index (χ0v) is 17.5. The molecule has 0 bridgehead atoms. The number of amides is 1. The predicted octanol–water partition coefficient (Wildman–Crippen LogP) is 3.81. The van der Waals surface area contributed by atoms with E-state index >= 15 is 0 Å². The fraction of sp³-hybridized carbons (Fsp3) is 0.190. The second kappa shape index (κ2) is 9.29. The lowest BCUT2D eigenvalue weighted by atomic mass is 10.1. The van der Waals surface area contributed by atoms with Crippen molar-refractivity contribution in [2.75, 3.05) is 25.0 Å². The number of anilines is 1. The summed E-state index contributed by atoms with van der Waals surface area (Å²) in [7, 11) is 1.68. The van der Waals surface area contributed by atoms with Crippen LogP contribution >= 0.6 is 0 Å². The smallest absolute Gasteiger partial charge is 0.350 e. The molecule has 2 heterocycles. The molecule has 0 aliphatic rings. The van der Waals surface area contributed by atoms with Crippen LogP contribution in [0.5, 0.6) is 0 Å². The molecule has 4 rings (SSSR count). The van der Waals surface area contributed by atoms with Gasteiger partial charge in [0.15, 0.2) is 0 Å². The van der Waals surface area contributed by atoms with Crippen LogP contribution in [-0.4, -0.2) is 46.3 Å². The van der Waals surface area contributed by atoms with Gasteiger partial charge >= 0.3 is 18.1 Å². The van der Waals surface area contributed by atoms with Crippen LogP contribution in [0.15, 0.2) is 57.6 Å².